The summed E-state index contributed by atoms with van der Waals surface area (Å²) >= 11 is 1.15. The highest BCUT2D eigenvalue weighted by Crippen LogP contribution is 2.34. The van der Waals surface area contributed by atoms with Gasteiger partial charge in [0, 0.05) is 17.4 Å². The van der Waals surface area contributed by atoms with Crippen molar-refractivity contribution >= 4 is 23.4 Å². The lowest BCUT2D eigenvalue weighted by atomic mass is 10.1. The first kappa shape index (κ1) is 17.9. The Morgan fingerprint density at radius 2 is 1.85 bits per heavy atom. The second kappa shape index (κ2) is 7.97. The first-order valence-corrected chi connectivity index (χ1v) is 8.75. The average molecular weight is 369 g/mol. The van der Waals surface area contributed by atoms with Gasteiger partial charge in [-0.3, -0.25) is 9.59 Å². The molecule has 3 aromatic rings. The molecule has 5 nitrogen and oxygen atoms in total. The number of anilines is 1. The van der Waals surface area contributed by atoms with Crippen LogP contribution in [-0.4, -0.2) is 15.9 Å². The maximum atomic E-state index is 13.1. The van der Waals surface area contributed by atoms with Crippen molar-refractivity contribution < 1.29 is 9.18 Å². The first-order chi connectivity index (χ1) is 12.5. The fourth-order valence-corrected chi connectivity index (χ4v) is 3.40. The van der Waals surface area contributed by atoms with Crippen LogP contribution in [0.25, 0.3) is 0 Å². The van der Waals surface area contributed by atoms with Crippen LogP contribution in [0.4, 0.5) is 10.1 Å². The van der Waals surface area contributed by atoms with Gasteiger partial charge in [-0.25, -0.2) is 9.37 Å². The number of aromatic nitrogens is 2. The summed E-state index contributed by atoms with van der Waals surface area (Å²) in [6, 6.07) is 16.1. The fourth-order valence-electron chi connectivity index (χ4n) is 2.36. The van der Waals surface area contributed by atoms with Crippen LogP contribution in [-0.2, 0) is 4.79 Å². The number of hydrogen-bond donors (Lipinski definition) is 2. The molecule has 0 saturated carbocycles. The molecular weight excluding hydrogens is 353 g/mol. The molecule has 0 fully saturated rings. The molecule has 132 valence electrons. The number of carbonyl (C=O) groups excluding carboxylic acids is 1. The largest absolute Gasteiger partial charge is 0.325 e. The molecule has 0 bridgehead atoms. The molecule has 0 aliphatic carbocycles. The molecule has 1 atom stereocenters. The number of nitrogens with one attached hydrogen (secondary N) is 2. The number of thioether (sulfide) groups is 1. The fraction of sp³-hybridized carbons (Fsp3) is 0.105. The van der Waals surface area contributed by atoms with Gasteiger partial charge in [0.25, 0.3) is 5.56 Å². The summed E-state index contributed by atoms with van der Waals surface area (Å²) in [5.41, 5.74) is 1.55. The summed E-state index contributed by atoms with van der Waals surface area (Å²) < 4.78 is 13.1. The molecule has 7 heteroatoms. The molecule has 2 aromatic carbocycles. The topological polar surface area (TPSA) is 74.8 Å². The minimum Gasteiger partial charge on any atom is -0.325 e. The van der Waals surface area contributed by atoms with Crippen molar-refractivity contribution in [3.05, 3.63) is 88.1 Å². The molecule has 1 aromatic heterocycles. The number of halogens is 1. The Morgan fingerprint density at radius 3 is 2.50 bits per heavy atom. The average Bonchev–Trinajstić information content (AvgIpc) is 2.61. The van der Waals surface area contributed by atoms with Gasteiger partial charge in [-0.05, 0) is 36.8 Å². The molecule has 0 radical (unpaired) electrons. The summed E-state index contributed by atoms with van der Waals surface area (Å²) in [5.74, 6) is -0.671. The third-order valence-electron chi connectivity index (χ3n) is 3.53. The number of benzene rings is 2. The highest BCUT2D eigenvalue weighted by Gasteiger charge is 2.23. The van der Waals surface area contributed by atoms with Gasteiger partial charge in [0.05, 0.1) is 0 Å². The maximum absolute atomic E-state index is 13.1. The van der Waals surface area contributed by atoms with Crippen molar-refractivity contribution in [2.24, 2.45) is 0 Å². The lowest BCUT2D eigenvalue weighted by Gasteiger charge is -2.16. The number of amides is 1. The summed E-state index contributed by atoms with van der Waals surface area (Å²) in [6.45, 7) is 1.72. The van der Waals surface area contributed by atoms with E-state index in [9.17, 15) is 14.0 Å². The zero-order chi connectivity index (χ0) is 18.5. The standard InChI is InChI=1S/C19H16FN3O2S/c1-12-11-16(24)23-19(21-12)26-17(13-5-3-2-4-6-13)18(25)22-15-9-7-14(20)8-10-15/h2-11,17H,1H3,(H,22,25)(H,21,23,24)/t17-/m1/s1. The second-order valence-corrected chi connectivity index (χ2v) is 6.69. The van der Waals surface area contributed by atoms with Crippen molar-refractivity contribution in [2.75, 3.05) is 5.32 Å². The lowest BCUT2D eigenvalue weighted by Crippen LogP contribution is -2.20. The van der Waals surface area contributed by atoms with E-state index in [-0.39, 0.29) is 17.3 Å². The molecule has 1 heterocycles. The Kier molecular flexibility index (Phi) is 5.48. The highest BCUT2D eigenvalue weighted by molar-refractivity contribution is 8.00. The van der Waals surface area contributed by atoms with Crippen LogP contribution in [0.3, 0.4) is 0 Å². The zero-order valence-electron chi connectivity index (χ0n) is 13.9. The molecule has 26 heavy (non-hydrogen) atoms. The lowest BCUT2D eigenvalue weighted by molar-refractivity contribution is -0.115. The van der Waals surface area contributed by atoms with E-state index in [1.807, 2.05) is 30.3 Å². The Labute approximate surface area is 153 Å². The second-order valence-electron chi connectivity index (χ2n) is 5.60. The molecule has 0 aliphatic heterocycles. The predicted molar refractivity (Wildman–Crippen MR) is 99.7 cm³/mol. The van der Waals surface area contributed by atoms with Crippen molar-refractivity contribution in [3.8, 4) is 0 Å². The van der Waals surface area contributed by atoms with Gasteiger partial charge < -0.3 is 10.3 Å². The number of H-pyrrole nitrogens is 1. The summed E-state index contributed by atoms with van der Waals surface area (Å²) in [6.07, 6.45) is 0. The van der Waals surface area contributed by atoms with E-state index in [0.29, 0.717) is 16.5 Å². The van der Waals surface area contributed by atoms with E-state index in [2.05, 4.69) is 15.3 Å². The first-order valence-electron chi connectivity index (χ1n) is 7.87. The third-order valence-corrected chi connectivity index (χ3v) is 4.67. The third kappa shape index (κ3) is 4.58. The molecule has 0 unspecified atom stereocenters. The van der Waals surface area contributed by atoms with Crippen molar-refractivity contribution in [1.82, 2.24) is 9.97 Å². The number of aromatic amines is 1. The monoisotopic (exact) mass is 369 g/mol. The van der Waals surface area contributed by atoms with E-state index >= 15 is 0 Å². The van der Waals surface area contributed by atoms with Gasteiger partial charge in [-0.2, -0.15) is 0 Å². The smallest absolute Gasteiger partial charge is 0.251 e. The van der Waals surface area contributed by atoms with Gasteiger partial charge >= 0.3 is 0 Å². The predicted octanol–water partition coefficient (Wildman–Crippen LogP) is 3.69. The van der Waals surface area contributed by atoms with Gasteiger partial charge in [-0.15, -0.1) is 0 Å². The van der Waals surface area contributed by atoms with Crippen molar-refractivity contribution in [3.63, 3.8) is 0 Å². The minimum absolute atomic E-state index is 0.272. The minimum atomic E-state index is -0.633. The van der Waals surface area contributed by atoms with Gasteiger partial charge in [0.15, 0.2) is 5.16 Å². The Hall–Kier alpha value is -2.93. The molecule has 0 aliphatic rings. The van der Waals surface area contributed by atoms with E-state index in [0.717, 1.165) is 17.3 Å². The normalized spacial score (nSPS) is 11.8. The quantitative estimate of drug-likeness (QED) is 0.531. The van der Waals surface area contributed by atoms with Crippen LogP contribution in [0.15, 0.2) is 70.6 Å². The van der Waals surface area contributed by atoms with Gasteiger partial charge in [0.2, 0.25) is 5.91 Å². The molecule has 1 amide bonds. The number of rotatable bonds is 5. The Balaban J connectivity index is 1.89. The van der Waals surface area contributed by atoms with E-state index in [4.69, 9.17) is 0 Å². The van der Waals surface area contributed by atoms with Crippen molar-refractivity contribution in [1.29, 1.82) is 0 Å². The highest BCUT2D eigenvalue weighted by atomic mass is 32.2. The Morgan fingerprint density at radius 1 is 1.15 bits per heavy atom. The summed E-state index contributed by atoms with van der Waals surface area (Å²) in [5, 5.41) is 2.50. The van der Waals surface area contributed by atoms with Crippen LogP contribution >= 0.6 is 11.8 Å². The summed E-state index contributed by atoms with van der Waals surface area (Å²) in [4.78, 5) is 31.4. The number of aryl methyl sites for hydroxylation is 1. The van der Waals surface area contributed by atoms with Crippen LogP contribution in [0.5, 0.6) is 0 Å². The SMILES string of the molecule is Cc1cc(=O)[nH]c(S[C@@H](C(=O)Nc2ccc(F)cc2)c2ccccc2)n1. The molecule has 2 N–H and O–H groups in total. The molecular formula is C19H16FN3O2S. The molecule has 3 rings (SSSR count). The molecule has 0 spiro atoms. The van der Waals surface area contributed by atoms with E-state index in [1.165, 1.54) is 30.3 Å². The van der Waals surface area contributed by atoms with Gasteiger partial charge in [-0.1, -0.05) is 42.1 Å². The number of hydrogen-bond acceptors (Lipinski definition) is 4. The molecule has 0 saturated heterocycles. The zero-order valence-corrected chi connectivity index (χ0v) is 14.7. The van der Waals surface area contributed by atoms with E-state index in [1.54, 1.807) is 6.92 Å². The van der Waals surface area contributed by atoms with Crippen molar-refractivity contribution in [2.45, 2.75) is 17.3 Å². The summed E-state index contributed by atoms with van der Waals surface area (Å²) in [7, 11) is 0. The van der Waals surface area contributed by atoms with Crippen LogP contribution < -0.4 is 10.9 Å². The van der Waals surface area contributed by atoms with Crippen LogP contribution in [0.1, 0.15) is 16.5 Å². The number of nitrogens with zero attached hydrogens (tertiary/aromatic N) is 1. The maximum Gasteiger partial charge on any atom is 0.251 e. The van der Waals surface area contributed by atoms with Gasteiger partial charge in [0.1, 0.15) is 11.1 Å². The van der Waals surface area contributed by atoms with Crippen LogP contribution in [0, 0.1) is 12.7 Å². The van der Waals surface area contributed by atoms with Crippen LogP contribution in [0.2, 0.25) is 0 Å². The number of carbonyl (C=O) groups is 1. The Bertz CT molecular complexity index is 959. The van der Waals surface area contributed by atoms with E-state index < -0.39 is 5.25 Å².